The molecular formula is C11H22BO5PS. The van der Waals surface area contributed by atoms with Crippen molar-refractivity contribution < 1.29 is 23.8 Å². The maximum absolute atomic E-state index is 11.9. The van der Waals surface area contributed by atoms with Crippen LogP contribution in [0, 0.1) is 0 Å². The van der Waals surface area contributed by atoms with Crippen LogP contribution in [0.5, 0.6) is 0 Å². The lowest BCUT2D eigenvalue weighted by molar-refractivity contribution is 0.0135. The van der Waals surface area contributed by atoms with Gasteiger partial charge in [-0.05, 0) is 19.0 Å². The van der Waals surface area contributed by atoms with Crippen molar-refractivity contribution in [3.05, 3.63) is 0 Å². The van der Waals surface area contributed by atoms with E-state index in [2.05, 4.69) is 0 Å². The third kappa shape index (κ3) is 4.76. The minimum Gasteiger partial charge on any atom is -0.390 e. The average Bonchev–Trinajstić information content (AvgIpc) is 2.53. The summed E-state index contributed by atoms with van der Waals surface area (Å²) < 4.78 is 22.7. The van der Waals surface area contributed by atoms with Crippen LogP contribution < -0.4 is 0 Å². The fourth-order valence-corrected chi connectivity index (χ4v) is 3.81. The van der Waals surface area contributed by atoms with Crippen molar-refractivity contribution in [3.8, 4) is 0 Å². The molecule has 0 bridgehead atoms. The van der Waals surface area contributed by atoms with Crippen LogP contribution in [0.25, 0.3) is 0 Å². The first-order chi connectivity index (χ1) is 8.65. The van der Waals surface area contributed by atoms with E-state index in [1.54, 1.807) is 13.8 Å². The van der Waals surface area contributed by atoms with Gasteiger partial charge in [-0.2, -0.15) is 11.8 Å². The Balaban J connectivity index is 2.72. The molecule has 1 aliphatic rings. The molecule has 0 aromatic heterocycles. The van der Waals surface area contributed by atoms with Gasteiger partial charge in [0.1, 0.15) is 6.10 Å². The van der Waals surface area contributed by atoms with Gasteiger partial charge in [-0.3, -0.25) is 4.57 Å². The first-order valence-corrected chi connectivity index (χ1v) is 8.95. The van der Waals surface area contributed by atoms with Crippen LogP contribution in [0.4, 0.5) is 0 Å². The Hall–Kier alpha value is 0.485. The molecule has 0 aromatic carbocycles. The van der Waals surface area contributed by atoms with Crippen molar-refractivity contribution in [2.45, 2.75) is 62.1 Å². The lowest BCUT2D eigenvalue weighted by Crippen LogP contribution is -2.37. The number of aliphatic hydroxyl groups excluding tert-OH is 1. The highest BCUT2D eigenvalue weighted by Crippen LogP contribution is 2.51. The fraction of sp³-hybridized carbons (Fsp3) is 1.00. The second-order valence-electron chi connectivity index (χ2n) is 5.24. The van der Waals surface area contributed by atoms with Crippen LogP contribution in [0.2, 0.25) is 0 Å². The number of hydrogen-bond donors (Lipinski definition) is 2. The fourth-order valence-electron chi connectivity index (χ4n) is 1.61. The molecule has 1 rings (SSSR count). The summed E-state index contributed by atoms with van der Waals surface area (Å²) in [6, 6.07) is 0. The summed E-state index contributed by atoms with van der Waals surface area (Å²) in [7, 11) is 2.02. The van der Waals surface area contributed by atoms with Gasteiger partial charge in [-0.15, -0.1) is 0 Å². The lowest BCUT2D eigenvalue weighted by atomic mass is 9.94. The molecule has 19 heavy (non-hydrogen) atoms. The molecule has 1 fully saturated rings. The molecule has 1 saturated heterocycles. The Bertz CT molecular complexity index is 341. The molecule has 8 heteroatoms. The van der Waals surface area contributed by atoms with E-state index in [1.807, 2.05) is 13.8 Å². The second-order valence-corrected chi connectivity index (χ2v) is 9.03. The molecular weight excluding hydrogens is 286 g/mol. The van der Waals surface area contributed by atoms with Gasteiger partial charge in [-0.1, -0.05) is 13.8 Å². The Morgan fingerprint density at radius 3 is 2.42 bits per heavy atom. The largest absolute Gasteiger partial charge is 0.390 e. The third-order valence-corrected chi connectivity index (χ3v) is 6.09. The molecule has 1 aliphatic heterocycles. The molecule has 0 aromatic rings. The maximum atomic E-state index is 11.9. The molecule has 0 spiro atoms. The Labute approximate surface area is 120 Å². The first-order valence-electron chi connectivity index (χ1n) is 6.36. The predicted octanol–water partition coefficient (Wildman–Crippen LogP) is 1.36. The third-order valence-electron chi connectivity index (χ3n) is 2.89. The van der Waals surface area contributed by atoms with Crippen molar-refractivity contribution in [1.82, 2.24) is 0 Å². The van der Waals surface area contributed by atoms with Crippen LogP contribution in [-0.4, -0.2) is 58.8 Å². The van der Waals surface area contributed by atoms with Crippen molar-refractivity contribution in [2.75, 3.05) is 6.61 Å². The van der Waals surface area contributed by atoms with Gasteiger partial charge in [0.2, 0.25) is 0 Å². The van der Waals surface area contributed by atoms with Crippen molar-refractivity contribution >= 4 is 27.2 Å². The molecule has 2 radical (unpaired) electrons. The van der Waals surface area contributed by atoms with Gasteiger partial charge in [0.05, 0.1) is 37.6 Å². The highest BCUT2D eigenvalue weighted by atomic mass is 32.2. The van der Waals surface area contributed by atoms with Gasteiger partial charge >= 0.3 is 7.60 Å². The summed E-state index contributed by atoms with van der Waals surface area (Å²) >= 11 is 1.32. The zero-order valence-electron chi connectivity index (χ0n) is 11.7. The molecule has 110 valence electrons. The molecule has 0 saturated carbocycles. The number of rotatable bonds is 6. The molecule has 1 heterocycles. The minimum atomic E-state index is -3.75. The number of thioether (sulfide) groups is 1. The SMILES string of the molecule is [B][C@@H]1S[C@H](COC(C)C)[C@@H](OP(=O)(O)C(C)C)[C@H]1O. The Morgan fingerprint density at radius 1 is 1.37 bits per heavy atom. The summed E-state index contributed by atoms with van der Waals surface area (Å²) in [6.07, 6.45) is -1.71. The number of ether oxygens (including phenoxy) is 1. The zero-order valence-corrected chi connectivity index (χ0v) is 13.4. The van der Waals surface area contributed by atoms with Crippen LogP contribution >= 0.6 is 19.4 Å². The minimum absolute atomic E-state index is 0.0428. The molecule has 1 unspecified atom stereocenters. The van der Waals surface area contributed by atoms with E-state index in [-0.39, 0.29) is 11.4 Å². The van der Waals surface area contributed by atoms with E-state index in [0.29, 0.717) is 6.61 Å². The van der Waals surface area contributed by atoms with Crippen LogP contribution in [-0.2, 0) is 13.8 Å². The predicted molar refractivity (Wildman–Crippen MR) is 77.9 cm³/mol. The summed E-state index contributed by atoms with van der Waals surface area (Å²) in [4.78, 5) is 9.78. The smallest absolute Gasteiger partial charge is 0.331 e. The van der Waals surface area contributed by atoms with E-state index in [9.17, 15) is 14.6 Å². The van der Waals surface area contributed by atoms with Gasteiger partial charge in [0.15, 0.2) is 0 Å². The van der Waals surface area contributed by atoms with Crippen LogP contribution in [0.1, 0.15) is 27.7 Å². The summed E-state index contributed by atoms with van der Waals surface area (Å²) in [6.45, 7) is 7.34. The van der Waals surface area contributed by atoms with Crippen molar-refractivity contribution in [3.63, 3.8) is 0 Å². The van der Waals surface area contributed by atoms with Gasteiger partial charge in [0, 0.05) is 0 Å². The van der Waals surface area contributed by atoms with E-state index < -0.39 is 30.6 Å². The summed E-state index contributed by atoms with van der Waals surface area (Å²) in [5, 5.41) is 9.21. The zero-order chi connectivity index (χ0) is 14.8. The van der Waals surface area contributed by atoms with E-state index >= 15 is 0 Å². The van der Waals surface area contributed by atoms with E-state index in [4.69, 9.17) is 17.1 Å². The molecule has 0 amide bonds. The van der Waals surface area contributed by atoms with Gasteiger partial charge in [0.25, 0.3) is 0 Å². The quantitative estimate of drug-likeness (QED) is 0.570. The maximum Gasteiger partial charge on any atom is 0.331 e. The Morgan fingerprint density at radius 2 is 1.95 bits per heavy atom. The van der Waals surface area contributed by atoms with Crippen molar-refractivity contribution in [2.24, 2.45) is 0 Å². The molecule has 2 N–H and O–H groups in total. The summed E-state index contributed by atoms with van der Waals surface area (Å²) in [5.41, 5.74) is -0.520. The monoisotopic (exact) mass is 308 g/mol. The summed E-state index contributed by atoms with van der Waals surface area (Å²) in [5.74, 6) is 0. The highest BCUT2D eigenvalue weighted by molar-refractivity contribution is 8.02. The second kappa shape index (κ2) is 6.96. The van der Waals surface area contributed by atoms with E-state index in [0.717, 1.165) is 0 Å². The topological polar surface area (TPSA) is 76.0 Å². The first kappa shape index (κ1) is 17.5. The molecule has 0 aliphatic carbocycles. The highest BCUT2D eigenvalue weighted by Gasteiger charge is 2.45. The van der Waals surface area contributed by atoms with E-state index in [1.165, 1.54) is 11.8 Å². The number of aliphatic hydroxyl groups is 1. The van der Waals surface area contributed by atoms with Gasteiger partial charge in [-0.25, -0.2) is 0 Å². The van der Waals surface area contributed by atoms with Crippen LogP contribution in [0.15, 0.2) is 0 Å². The average molecular weight is 308 g/mol. The lowest BCUT2D eigenvalue weighted by Gasteiger charge is -2.26. The normalized spacial score (nSPS) is 34.9. The van der Waals surface area contributed by atoms with Crippen LogP contribution in [0.3, 0.4) is 0 Å². The standard InChI is InChI=1S/C11H22BO5PS/c1-6(2)16-5-8-10(9(13)11(12)19-8)17-18(14,15)7(3)4/h6-11,13H,5H2,1-4H3,(H,14,15)/t8-,9-,10-,11-/m1/s1. The molecule has 5 atom stereocenters. The van der Waals surface area contributed by atoms with Gasteiger partial charge < -0.3 is 19.3 Å². The molecule has 5 nitrogen and oxygen atoms in total. The Kier molecular flexibility index (Phi) is 6.43. The van der Waals surface area contributed by atoms with Crippen molar-refractivity contribution in [1.29, 1.82) is 0 Å². The number of hydrogen-bond acceptors (Lipinski definition) is 5.